The highest BCUT2D eigenvalue weighted by atomic mass is 19.4. The third-order valence-electron chi connectivity index (χ3n) is 3.74. The Kier molecular flexibility index (Phi) is 5.65. The first-order valence-electron chi connectivity index (χ1n) is 7.49. The van der Waals surface area contributed by atoms with Crippen LogP contribution in [0.1, 0.15) is 30.4 Å². The molecular formula is C16H23F3N2. The van der Waals surface area contributed by atoms with Crippen LogP contribution in [0.15, 0.2) is 24.3 Å². The molecule has 0 bridgehead atoms. The molecule has 0 heterocycles. The summed E-state index contributed by atoms with van der Waals surface area (Å²) in [6, 6.07) is 8.71. The van der Waals surface area contributed by atoms with Gasteiger partial charge >= 0.3 is 6.18 Å². The van der Waals surface area contributed by atoms with Crippen LogP contribution in [0, 0.1) is 0 Å². The third kappa shape index (κ3) is 6.48. The molecule has 2 rings (SSSR count). The Labute approximate surface area is 124 Å². The SMILES string of the molecule is CN(CCC(F)(F)F)Cc1ccccc1CCNC1CC1. The van der Waals surface area contributed by atoms with E-state index in [4.69, 9.17) is 0 Å². The largest absolute Gasteiger partial charge is 0.390 e. The molecule has 1 aliphatic rings. The van der Waals surface area contributed by atoms with Gasteiger partial charge < -0.3 is 10.2 Å². The molecule has 0 atom stereocenters. The normalized spacial score (nSPS) is 15.7. The number of halogens is 3. The van der Waals surface area contributed by atoms with Crippen molar-refractivity contribution < 1.29 is 13.2 Å². The van der Waals surface area contributed by atoms with Crippen LogP contribution in [0.3, 0.4) is 0 Å². The van der Waals surface area contributed by atoms with Crippen molar-refractivity contribution in [2.75, 3.05) is 20.1 Å². The first kappa shape index (κ1) is 16.3. The maximum atomic E-state index is 12.2. The molecule has 1 fully saturated rings. The molecule has 1 aromatic carbocycles. The fourth-order valence-corrected chi connectivity index (χ4v) is 2.34. The number of benzene rings is 1. The van der Waals surface area contributed by atoms with E-state index in [1.165, 1.54) is 18.4 Å². The lowest BCUT2D eigenvalue weighted by Crippen LogP contribution is -2.25. The van der Waals surface area contributed by atoms with Crippen molar-refractivity contribution >= 4 is 0 Å². The van der Waals surface area contributed by atoms with Crippen LogP contribution in [-0.4, -0.2) is 37.3 Å². The Morgan fingerprint density at radius 1 is 1.19 bits per heavy atom. The second kappa shape index (κ2) is 7.27. The van der Waals surface area contributed by atoms with Gasteiger partial charge in [-0.3, -0.25) is 0 Å². The van der Waals surface area contributed by atoms with Crippen LogP contribution in [0.25, 0.3) is 0 Å². The fourth-order valence-electron chi connectivity index (χ4n) is 2.34. The average Bonchev–Trinajstić information content (AvgIpc) is 3.22. The van der Waals surface area contributed by atoms with Gasteiger partial charge in [-0.2, -0.15) is 13.2 Å². The molecule has 0 aliphatic heterocycles. The van der Waals surface area contributed by atoms with Crippen LogP contribution in [0.5, 0.6) is 0 Å². The van der Waals surface area contributed by atoms with E-state index < -0.39 is 12.6 Å². The summed E-state index contributed by atoms with van der Waals surface area (Å²) < 4.78 is 36.7. The summed E-state index contributed by atoms with van der Waals surface area (Å²) in [7, 11) is 1.74. The summed E-state index contributed by atoms with van der Waals surface area (Å²) in [5, 5.41) is 3.47. The highest BCUT2D eigenvalue weighted by Gasteiger charge is 2.27. The van der Waals surface area contributed by atoms with Gasteiger partial charge in [-0.25, -0.2) is 0 Å². The maximum Gasteiger partial charge on any atom is 0.390 e. The summed E-state index contributed by atoms with van der Waals surface area (Å²) in [6.07, 6.45) is -1.37. The quantitative estimate of drug-likeness (QED) is 0.792. The predicted octanol–water partition coefficient (Wildman–Crippen LogP) is 3.37. The Balaban J connectivity index is 1.82. The average molecular weight is 300 g/mol. The first-order valence-corrected chi connectivity index (χ1v) is 7.49. The molecule has 0 unspecified atom stereocenters. The lowest BCUT2D eigenvalue weighted by atomic mass is 10.0. The maximum absolute atomic E-state index is 12.2. The standard InChI is InChI=1S/C16H23F3N2/c1-21(11-9-16(17,18)19)12-14-5-3-2-4-13(14)8-10-20-15-6-7-15/h2-5,15,20H,6-12H2,1H3. The Bertz CT molecular complexity index is 441. The van der Waals surface area contributed by atoms with Crippen molar-refractivity contribution in [3.8, 4) is 0 Å². The number of alkyl halides is 3. The van der Waals surface area contributed by atoms with Crippen LogP contribution < -0.4 is 5.32 Å². The van der Waals surface area contributed by atoms with Crippen LogP contribution in [0.4, 0.5) is 13.2 Å². The smallest absolute Gasteiger partial charge is 0.314 e. The van der Waals surface area contributed by atoms with Crippen LogP contribution in [0.2, 0.25) is 0 Å². The van der Waals surface area contributed by atoms with Crippen molar-refractivity contribution in [2.24, 2.45) is 0 Å². The molecule has 21 heavy (non-hydrogen) atoms. The molecule has 0 amide bonds. The minimum Gasteiger partial charge on any atom is -0.314 e. The molecule has 0 spiro atoms. The number of nitrogens with one attached hydrogen (secondary N) is 1. The van der Waals surface area contributed by atoms with E-state index in [-0.39, 0.29) is 6.54 Å². The van der Waals surface area contributed by atoms with E-state index in [1.807, 2.05) is 18.2 Å². The summed E-state index contributed by atoms with van der Waals surface area (Å²) in [5.41, 5.74) is 2.35. The zero-order chi connectivity index (χ0) is 15.3. The molecule has 0 saturated heterocycles. The van der Waals surface area contributed by atoms with Gasteiger partial charge in [0.2, 0.25) is 0 Å². The van der Waals surface area contributed by atoms with E-state index in [1.54, 1.807) is 11.9 Å². The summed E-state index contributed by atoms with van der Waals surface area (Å²) >= 11 is 0. The molecule has 118 valence electrons. The molecule has 0 radical (unpaired) electrons. The lowest BCUT2D eigenvalue weighted by molar-refractivity contribution is -0.137. The zero-order valence-electron chi connectivity index (χ0n) is 12.4. The van der Waals surface area contributed by atoms with Gasteiger partial charge in [0.1, 0.15) is 0 Å². The molecule has 2 nitrogen and oxygen atoms in total. The van der Waals surface area contributed by atoms with Gasteiger partial charge in [-0.1, -0.05) is 24.3 Å². The molecule has 5 heteroatoms. The van der Waals surface area contributed by atoms with Crippen molar-refractivity contribution in [3.63, 3.8) is 0 Å². The number of hydrogen-bond donors (Lipinski definition) is 1. The van der Waals surface area contributed by atoms with Crippen molar-refractivity contribution in [3.05, 3.63) is 35.4 Å². The molecule has 1 aromatic rings. The van der Waals surface area contributed by atoms with E-state index >= 15 is 0 Å². The Morgan fingerprint density at radius 3 is 2.48 bits per heavy atom. The lowest BCUT2D eigenvalue weighted by Gasteiger charge is -2.19. The van der Waals surface area contributed by atoms with E-state index in [0.717, 1.165) is 18.5 Å². The summed E-state index contributed by atoms with van der Waals surface area (Å²) in [4.78, 5) is 1.74. The third-order valence-corrected chi connectivity index (χ3v) is 3.74. The molecule has 1 N–H and O–H groups in total. The zero-order valence-corrected chi connectivity index (χ0v) is 12.4. The Hall–Kier alpha value is -1.07. The van der Waals surface area contributed by atoms with Crippen LogP contribution in [-0.2, 0) is 13.0 Å². The molecule has 0 aromatic heterocycles. The fraction of sp³-hybridized carbons (Fsp3) is 0.625. The second-order valence-corrected chi connectivity index (χ2v) is 5.85. The predicted molar refractivity (Wildman–Crippen MR) is 78.2 cm³/mol. The number of rotatable bonds is 8. The van der Waals surface area contributed by atoms with Gasteiger partial charge in [0.25, 0.3) is 0 Å². The van der Waals surface area contributed by atoms with Crippen LogP contribution >= 0.6 is 0 Å². The second-order valence-electron chi connectivity index (χ2n) is 5.85. The van der Waals surface area contributed by atoms with Crippen molar-refractivity contribution in [1.29, 1.82) is 0 Å². The summed E-state index contributed by atoms with van der Waals surface area (Å²) in [5.74, 6) is 0. The molecule has 1 saturated carbocycles. The van der Waals surface area contributed by atoms with Gasteiger partial charge in [0.05, 0.1) is 6.42 Å². The summed E-state index contributed by atoms with van der Waals surface area (Å²) in [6.45, 7) is 1.54. The van der Waals surface area contributed by atoms with Gasteiger partial charge in [0, 0.05) is 19.1 Å². The monoisotopic (exact) mass is 300 g/mol. The van der Waals surface area contributed by atoms with Crippen molar-refractivity contribution in [1.82, 2.24) is 10.2 Å². The van der Waals surface area contributed by atoms with E-state index in [9.17, 15) is 13.2 Å². The number of nitrogens with zero attached hydrogens (tertiary/aromatic N) is 1. The van der Waals surface area contributed by atoms with E-state index in [2.05, 4.69) is 11.4 Å². The van der Waals surface area contributed by atoms with Crippen molar-refractivity contribution in [2.45, 2.75) is 44.4 Å². The topological polar surface area (TPSA) is 15.3 Å². The van der Waals surface area contributed by atoms with Gasteiger partial charge in [0.15, 0.2) is 0 Å². The highest BCUT2D eigenvalue weighted by Crippen LogP contribution is 2.21. The minimum absolute atomic E-state index is 0.0398. The highest BCUT2D eigenvalue weighted by molar-refractivity contribution is 5.27. The first-order chi connectivity index (χ1) is 9.94. The van der Waals surface area contributed by atoms with Gasteiger partial charge in [-0.15, -0.1) is 0 Å². The molecular weight excluding hydrogens is 277 g/mol. The van der Waals surface area contributed by atoms with E-state index in [0.29, 0.717) is 12.6 Å². The Morgan fingerprint density at radius 2 is 1.86 bits per heavy atom. The minimum atomic E-state index is -4.08. The van der Waals surface area contributed by atoms with Gasteiger partial charge in [-0.05, 0) is 44.0 Å². The number of hydrogen-bond acceptors (Lipinski definition) is 2. The molecule has 1 aliphatic carbocycles.